The first kappa shape index (κ1) is 24.3. The predicted molar refractivity (Wildman–Crippen MR) is 117 cm³/mol. The van der Waals surface area contributed by atoms with Crippen molar-refractivity contribution in [1.29, 1.82) is 0 Å². The van der Waals surface area contributed by atoms with E-state index in [1.807, 2.05) is 0 Å². The molecule has 1 aliphatic rings. The fraction of sp³-hybridized carbons (Fsp3) is 0.304. The molecule has 12 heteroatoms. The second kappa shape index (κ2) is 9.07. The summed E-state index contributed by atoms with van der Waals surface area (Å²) in [6, 6.07) is 4.59. The van der Waals surface area contributed by atoms with Gasteiger partial charge in [-0.05, 0) is 17.7 Å². The van der Waals surface area contributed by atoms with E-state index >= 15 is 0 Å². The van der Waals surface area contributed by atoms with Gasteiger partial charge in [-0.25, -0.2) is 0 Å². The fourth-order valence-corrected chi connectivity index (χ4v) is 3.97. The summed E-state index contributed by atoms with van der Waals surface area (Å²) in [7, 11) is 0. The van der Waals surface area contributed by atoms with Crippen LogP contribution in [0.3, 0.4) is 0 Å². The molecule has 0 aliphatic carbocycles. The number of aliphatic hydroxyl groups is 3. The summed E-state index contributed by atoms with van der Waals surface area (Å²) in [5.74, 6) is -3.08. The molecule has 4 rings (SSSR count). The van der Waals surface area contributed by atoms with E-state index in [1.165, 1.54) is 6.07 Å². The van der Waals surface area contributed by atoms with Crippen molar-refractivity contribution in [3.8, 4) is 34.1 Å². The Morgan fingerprint density at radius 3 is 2.34 bits per heavy atom. The minimum Gasteiger partial charge on any atom is -0.507 e. The van der Waals surface area contributed by atoms with Crippen LogP contribution >= 0.6 is 0 Å². The lowest BCUT2D eigenvalue weighted by molar-refractivity contribution is -0.234. The average Bonchev–Trinajstić information content (AvgIpc) is 2.80. The third-order valence-electron chi connectivity index (χ3n) is 5.79. The van der Waals surface area contributed by atoms with E-state index < -0.39 is 82.5 Å². The van der Waals surface area contributed by atoms with Gasteiger partial charge in [0.15, 0.2) is 11.5 Å². The standard InChI is InChI=1S/C23H22O12/c1-8(24)33-7-15-19(29)21(31)22(32)23(35-15)16-13(27)5-14-17(20(16)30)18(28)10(6-34-14)9-2-3-11(25)12(26)4-9/h2-6,15,19,21-23,25-27,29-32H,7H2,1H3/t15-,19-,21+,22-,23+/m1/s1. The quantitative estimate of drug-likeness (QED) is 0.195. The van der Waals surface area contributed by atoms with Crippen molar-refractivity contribution >= 4 is 16.9 Å². The van der Waals surface area contributed by atoms with Crippen molar-refractivity contribution in [3.63, 3.8) is 0 Å². The molecule has 0 saturated carbocycles. The van der Waals surface area contributed by atoms with Crippen LogP contribution in [0.4, 0.5) is 0 Å². The summed E-state index contributed by atoms with van der Waals surface area (Å²) in [4.78, 5) is 24.4. The molecule has 1 fully saturated rings. The lowest BCUT2D eigenvalue weighted by Crippen LogP contribution is -2.55. The summed E-state index contributed by atoms with van der Waals surface area (Å²) >= 11 is 0. The number of esters is 1. The maximum Gasteiger partial charge on any atom is 0.302 e. The monoisotopic (exact) mass is 490 g/mol. The highest BCUT2D eigenvalue weighted by atomic mass is 16.6. The lowest BCUT2D eigenvalue weighted by Gasteiger charge is -2.40. The van der Waals surface area contributed by atoms with Crippen LogP contribution in [0, 0.1) is 0 Å². The Balaban J connectivity index is 1.84. The number of carbonyl (C=O) groups excluding carboxylic acids is 1. The number of aromatic hydroxyl groups is 4. The Kier molecular flexibility index (Phi) is 6.30. The van der Waals surface area contributed by atoms with Gasteiger partial charge in [-0.2, -0.15) is 0 Å². The molecular weight excluding hydrogens is 468 g/mol. The highest BCUT2D eigenvalue weighted by Gasteiger charge is 2.46. The van der Waals surface area contributed by atoms with Gasteiger partial charge in [0.2, 0.25) is 5.43 Å². The zero-order valence-corrected chi connectivity index (χ0v) is 18.2. The van der Waals surface area contributed by atoms with Crippen LogP contribution in [-0.2, 0) is 14.3 Å². The van der Waals surface area contributed by atoms with Gasteiger partial charge in [0.05, 0.1) is 11.1 Å². The van der Waals surface area contributed by atoms with Gasteiger partial charge in [-0.1, -0.05) is 6.07 Å². The predicted octanol–water partition coefficient (Wildman–Crippen LogP) is 0.368. The summed E-state index contributed by atoms with van der Waals surface area (Å²) in [5, 5.41) is 71.4. The van der Waals surface area contributed by atoms with Crippen LogP contribution in [0.15, 0.2) is 39.7 Å². The molecule has 0 spiro atoms. The van der Waals surface area contributed by atoms with Crippen LogP contribution in [0.2, 0.25) is 0 Å². The summed E-state index contributed by atoms with van der Waals surface area (Å²) < 4.78 is 15.8. The van der Waals surface area contributed by atoms with E-state index in [2.05, 4.69) is 0 Å². The second-order valence-corrected chi connectivity index (χ2v) is 8.08. The third-order valence-corrected chi connectivity index (χ3v) is 5.79. The Labute approximate surface area is 196 Å². The first-order chi connectivity index (χ1) is 16.5. The normalized spacial score (nSPS) is 24.4. The minimum absolute atomic E-state index is 0.104. The minimum atomic E-state index is -1.85. The molecule has 2 heterocycles. The molecule has 7 N–H and O–H groups in total. The summed E-state index contributed by atoms with van der Waals surface area (Å²) in [6.07, 6.45) is -7.26. The smallest absolute Gasteiger partial charge is 0.302 e. The summed E-state index contributed by atoms with van der Waals surface area (Å²) in [5.41, 5.74) is -1.42. The largest absolute Gasteiger partial charge is 0.507 e. The van der Waals surface area contributed by atoms with Crippen molar-refractivity contribution in [3.05, 3.63) is 46.3 Å². The summed E-state index contributed by atoms with van der Waals surface area (Å²) in [6.45, 7) is 0.617. The number of fused-ring (bicyclic) bond motifs is 1. The zero-order valence-electron chi connectivity index (χ0n) is 18.2. The van der Waals surface area contributed by atoms with Crippen molar-refractivity contribution in [2.75, 3.05) is 6.61 Å². The second-order valence-electron chi connectivity index (χ2n) is 8.08. The van der Waals surface area contributed by atoms with Gasteiger partial charge >= 0.3 is 5.97 Å². The van der Waals surface area contributed by atoms with Crippen molar-refractivity contribution in [1.82, 2.24) is 0 Å². The van der Waals surface area contributed by atoms with Crippen LogP contribution in [0.5, 0.6) is 23.0 Å². The fourth-order valence-electron chi connectivity index (χ4n) is 3.97. The molecule has 2 aromatic carbocycles. The van der Waals surface area contributed by atoms with Gasteiger partial charge in [-0.3, -0.25) is 9.59 Å². The van der Waals surface area contributed by atoms with Crippen LogP contribution in [0.25, 0.3) is 22.1 Å². The SMILES string of the molecule is CC(=O)OC[C@H]1O[C@@H](c2c(O)cc3occ(-c4ccc(O)c(O)c4)c(=O)c3c2O)[C@H](O)[C@@H](O)[C@@H]1O. The van der Waals surface area contributed by atoms with Gasteiger partial charge in [0.25, 0.3) is 0 Å². The van der Waals surface area contributed by atoms with Gasteiger partial charge in [-0.15, -0.1) is 0 Å². The van der Waals surface area contributed by atoms with Crippen molar-refractivity contribution in [2.45, 2.75) is 37.4 Å². The first-order valence-electron chi connectivity index (χ1n) is 10.4. The molecular formula is C23H22O12. The number of aliphatic hydroxyl groups excluding tert-OH is 3. The molecule has 35 heavy (non-hydrogen) atoms. The Morgan fingerprint density at radius 2 is 1.69 bits per heavy atom. The lowest BCUT2D eigenvalue weighted by atomic mass is 9.89. The molecule has 1 saturated heterocycles. The van der Waals surface area contributed by atoms with Gasteiger partial charge in [0, 0.05) is 13.0 Å². The van der Waals surface area contributed by atoms with Crippen LogP contribution < -0.4 is 5.43 Å². The number of ether oxygens (including phenoxy) is 2. The number of hydrogen-bond donors (Lipinski definition) is 7. The number of hydrogen-bond acceptors (Lipinski definition) is 12. The Bertz CT molecular complexity index is 1350. The van der Waals surface area contributed by atoms with Crippen LogP contribution in [-0.4, -0.2) is 72.7 Å². The number of phenols is 4. The molecule has 1 aromatic heterocycles. The number of phenolic OH excluding ortho intramolecular Hbond substituents is 4. The van der Waals surface area contributed by atoms with E-state index in [9.17, 15) is 45.3 Å². The highest BCUT2D eigenvalue weighted by Crippen LogP contribution is 2.44. The molecule has 5 atom stereocenters. The van der Waals surface area contributed by atoms with Crippen molar-refractivity contribution < 1.29 is 54.4 Å². The Hall–Kier alpha value is -3.84. The molecule has 0 radical (unpaired) electrons. The highest BCUT2D eigenvalue weighted by molar-refractivity contribution is 5.90. The van der Waals surface area contributed by atoms with E-state index in [4.69, 9.17) is 13.9 Å². The molecule has 3 aromatic rings. The van der Waals surface area contributed by atoms with E-state index in [0.29, 0.717) is 0 Å². The number of rotatable bonds is 4. The molecule has 12 nitrogen and oxygen atoms in total. The number of benzene rings is 2. The topological polar surface area (TPSA) is 207 Å². The maximum atomic E-state index is 13.2. The van der Waals surface area contributed by atoms with E-state index in [1.54, 1.807) is 0 Å². The van der Waals surface area contributed by atoms with Gasteiger partial charge < -0.3 is 49.6 Å². The molecule has 0 amide bonds. The van der Waals surface area contributed by atoms with E-state index in [-0.39, 0.29) is 16.7 Å². The Morgan fingerprint density at radius 1 is 0.971 bits per heavy atom. The number of carbonyl (C=O) groups is 1. The van der Waals surface area contributed by atoms with Crippen molar-refractivity contribution in [2.24, 2.45) is 0 Å². The molecule has 0 unspecified atom stereocenters. The third kappa shape index (κ3) is 4.23. The first-order valence-corrected chi connectivity index (χ1v) is 10.4. The maximum absolute atomic E-state index is 13.2. The van der Waals surface area contributed by atoms with E-state index in [0.717, 1.165) is 31.4 Å². The average molecular weight is 490 g/mol. The molecule has 1 aliphatic heterocycles. The van der Waals surface area contributed by atoms with Crippen LogP contribution in [0.1, 0.15) is 18.6 Å². The molecule has 0 bridgehead atoms. The molecule has 186 valence electrons. The van der Waals surface area contributed by atoms with Gasteiger partial charge in [0.1, 0.15) is 65.9 Å². The zero-order chi connectivity index (χ0) is 25.6.